The van der Waals surface area contributed by atoms with E-state index in [1.54, 1.807) is 12.1 Å². The summed E-state index contributed by atoms with van der Waals surface area (Å²) < 4.78 is 14.8. The minimum Gasteiger partial charge on any atom is -0.299 e. The lowest BCUT2D eigenvalue weighted by Gasteiger charge is -2.07. The molecule has 0 fully saturated rings. The van der Waals surface area contributed by atoms with Crippen molar-refractivity contribution in [2.75, 3.05) is 11.1 Å². The van der Waals surface area contributed by atoms with Crippen LogP contribution in [0, 0.1) is 5.82 Å². The Bertz CT molecular complexity index is 971. The number of thioether (sulfide) groups is 1. The summed E-state index contributed by atoms with van der Waals surface area (Å²) in [5.41, 5.74) is 0.700. The minimum absolute atomic E-state index is 0.260. The quantitative estimate of drug-likeness (QED) is 0.513. The van der Waals surface area contributed by atoms with Crippen LogP contribution in [0.4, 0.5) is 9.52 Å². The number of nitrogens with one attached hydrogen (secondary N) is 1. The van der Waals surface area contributed by atoms with E-state index in [2.05, 4.69) is 20.6 Å². The van der Waals surface area contributed by atoms with Crippen LogP contribution in [0.15, 0.2) is 45.5 Å². The largest absolute Gasteiger partial charge is 0.299 e. The van der Waals surface area contributed by atoms with E-state index in [9.17, 15) is 14.0 Å². The average molecular weight is 391 g/mol. The summed E-state index contributed by atoms with van der Waals surface area (Å²) in [4.78, 5) is 24.1. The summed E-state index contributed by atoms with van der Waals surface area (Å²) in [5.74, 6) is 0.0668. The van der Waals surface area contributed by atoms with Gasteiger partial charge in [0.15, 0.2) is 4.34 Å². The van der Waals surface area contributed by atoms with Crippen LogP contribution in [0.2, 0.25) is 0 Å². The van der Waals surface area contributed by atoms with Crippen LogP contribution in [0.5, 0.6) is 0 Å². The van der Waals surface area contributed by atoms with Gasteiger partial charge < -0.3 is 0 Å². The highest BCUT2D eigenvalue weighted by molar-refractivity contribution is 8.01. The van der Waals surface area contributed by atoms with Gasteiger partial charge in [-0.2, -0.15) is 5.10 Å². The third-order valence-corrected chi connectivity index (χ3v) is 5.07. The molecule has 1 amide bonds. The van der Waals surface area contributed by atoms with Gasteiger partial charge in [0.2, 0.25) is 11.0 Å². The van der Waals surface area contributed by atoms with E-state index >= 15 is 0 Å². The number of hydrogen-bond acceptors (Lipinski definition) is 7. The lowest BCUT2D eigenvalue weighted by Crippen LogP contribution is -2.29. The van der Waals surface area contributed by atoms with Gasteiger partial charge in [-0.1, -0.05) is 30.0 Å². The summed E-state index contributed by atoms with van der Waals surface area (Å²) in [7, 11) is 0. The van der Waals surface area contributed by atoms with Gasteiger partial charge in [-0.05, 0) is 36.1 Å². The van der Waals surface area contributed by atoms with Crippen molar-refractivity contribution in [3.05, 3.63) is 52.6 Å². The molecule has 2 heterocycles. The zero-order valence-corrected chi connectivity index (χ0v) is 15.3. The van der Waals surface area contributed by atoms with Crippen LogP contribution < -0.4 is 10.9 Å². The van der Waals surface area contributed by atoms with Crippen LogP contribution in [-0.4, -0.2) is 31.6 Å². The van der Waals surface area contributed by atoms with Crippen molar-refractivity contribution in [1.82, 2.24) is 20.0 Å². The average Bonchev–Trinajstić information content (AvgIpc) is 3.05. The van der Waals surface area contributed by atoms with Gasteiger partial charge in [-0.15, -0.1) is 10.2 Å². The summed E-state index contributed by atoms with van der Waals surface area (Å²) in [5, 5.41) is 15.0. The van der Waals surface area contributed by atoms with Gasteiger partial charge >= 0.3 is 0 Å². The molecule has 0 bridgehead atoms. The molecule has 0 aliphatic rings. The monoisotopic (exact) mass is 391 g/mol. The maximum absolute atomic E-state index is 13.0. The number of benzene rings is 1. The Morgan fingerprint density at radius 1 is 1.23 bits per heavy atom. The molecule has 10 heteroatoms. The molecule has 3 rings (SSSR count). The Hall–Kier alpha value is -2.59. The maximum atomic E-state index is 13.0. The van der Waals surface area contributed by atoms with Gasteiger partial charge in [0.05, 0.1) is 5.69 Å². The van der Waals surface area contributed by atoms with Gasteiger partial charge in [0.1, 0.15) is 12.4 Å². The highest BCUT2D eigenvalue weighted by Crippen LogP contribution is 2.24. The third-order valence-electron chi connectivity index (χ3n) is 3.22. The number of halogens is 1. The van der Waals surface area contributed by atoms with Gasteiger partial charge in [-0.3, -0.25) is 14.9 Å². The molecule has 1 aromatic carbocycles. The first-order valence-corrected chi connectivity index (χ1v) is 9.45. The van der Waals surface area contributed by atoms with Crippen LogP contribution in [0.25, 0.3) is 11.3 Å². The van der Waals surface area contributed by atoms with Crippen LogP contribution in [-0.2, 0) is 11.3 Å². The van der Waals surface area contributed by atoms with Crippen LogP contribution in [0.1, 0.15) is 6.92 Å². The SMILES string of the molecule is CCSc1nnc(NC(=O)Cn2nc(-c3ccc(F)cc3)ccc2=O)s1. The minimum atomic E-state index is -0.431. The number of nitrogens with zero attached hydrogens (tertiary/aromatic N) is 4. The summed E-state index contributed by atoms with van der Waals surface area (Å²) in [6, 6.07) is 8.57. The number of carbonyl (C=O) groups is 1. The first kappa shape index (κ1) is 18.2. The highest BCUT2D eigenvalue weighted by atomic mass is 32.2. The molecule has 0 aliphatic heterocycles. The first-order valence-electron chi connectivity index (χ1n) is 7.65. The lowest BCUT2D eigenvalue weighted by molar-refractivity contribution is -0.117. The van der Waals surface area contributed by atoms with Crippen LogP contribution >= 0.6 is 23.1 Å². The van der Waals surface area contributed by atoms with E-state index in [1.807, 2.05) is 6.92 Å². The predicted octanol–water partition coefficient (Wildman–Crippen LogP) is 2.65. The molecule has 7 nitrogen and oxygen atoms in total. The molecule has 0 unspecified atom stereocenters. The normalized spacial score (nSPS) is 10.7. The maximum Gasteiger partial charge on any atom is 0.267 e. The molecule has 2 aromatic heterocycles. The highest BCUT2D eigenvalue weighted by Gasteiger charge is 2.11. The lowest BCUT2D eigenvalue weighted by atomic mass is 10.1. The molecule has 26 heavy (non-hydrogen) atoms. The molecule has 3 aromatic rings. The summed E-state index contributed by atoms with van der Waals surface area (Å²) in [6.45, 7) is 1.74. The second-order valence-electron chi connectivity index (χ2n) is 5.08. The van der Waals surface area contributed by atoms with Crippen molar-refractivity contribution in [3.8, 4) is 11.3 Å². The fraction of sp³-hybridized carbons (Fsp3) is 0.188. The first-order chi connectivity index (χ1) is 12.5. The van der Waals surface area contributed by atoms with E-state index < -0.39 is 11.5 Å². The van der Waals surface area contributed by atoms with Gasteiger partial charge in [-0.25, -0.2) is 9.07 Å². The number of carbonyl (C=O) groups excluding carboxylic acids is 1. The molecule has 1 N–H and O–H groups in total. The summed E-state index contributed by atoms with van der Waals surface area (Å²) >= 11 is 2.80. The van der Waals surface area contributed by atoms with Crippen molar-refractivity contribution < 1.29 is 9.18 Å². The Morgan fingerprint density at radius 2 is 2.00 bits per heavy atom. The number of anilines is 1. The van der Waals surface area contributed by atoms with Crippen molar-refractivity contribution in [3.63, 3.8) is 0 Å². The molecule has 0 saturated carbocycles. The van der Waals surface area contributed by atoms with Gasteiger partial charge in [0, 0.05) is 11.6 Å². The van der Waals surface area contributed by atoms with E-state index in [1.165, 1.54) is 47.4 Å². The van der Waals surface area contributed by atoms with Crippen molar-refractivity contribution >= 4 is 34.1 Å². The molecule has 0 spiro atoms. The second kappa shape index (κ2) is 8.19. The molecule has 134 valence electrons. The number of aromatic nitrogens is 4. The van der Waals surface area contributed by atoms with Crippen molar-refractivity contribution in [2.45, 2.75) is 17.8 Å². The van der Waals surface area contributed by atoms with E-state index in [4.69, 9.17) is 0 Å². The third kappa shape index (κ3) is 4.52. The Labute approximate surface area is 156 Å². The van der Waals surface area contributed by atoms with Crippen molar-refractivity contribution in [2.24, 2.45) is 0 Å². The molecule has 0 aliphatic carbocycles. The molecule has 0 saturated heterocycles. The van der Waals surface area contributed by atoms with E-state index in [0.717, 1.165) is 14.8 Å². The fourth-order valence-electron chi connectivity index (χ4n) is 2.07. The number of amides is 1. The molecule has 0 radical (unpaired) electrons. The standard InChI is InChI=1S/C16H14FN5O2S2/c1-2-25-16-20-19-15(26-16)18-13(23)9-22-14(24)8-7-12(21-22)10-3-5-11(17)6-4-10/h3-8H,2,9H2,1H3,(H,18,19,23). The Morgan fingerprint density at radius 3 is 2.73 bits per heavy atom. The smallest absolute Gasteiger partial charge is 0.267 e. The Kier molecular flexibility index (Phi) is 5.74. The molecular weight excluding hydrogens is 377 g/mol. The fourth-order valence-corrected chi connectivity index (χ4v) is 3.74. The van der Waals surface area contributed by atoms with Gasteiger partial charge in [0.25, 0.3) is 5.56 Å². The van der Waals surface area contributed by atoms with Crippen LogP contribution in [0.3, 0.4) is 0 Å². The predicted molar refractivity (Wildman–Crippen MR) is 98.8 cm³/mol. The molecular formula is C16H14FN5O2S2. The Balaban J connectivity index is 1.74. The number of hydrogen-bond donors (Lipinski definition) is 1. The zero-order chi connectivity index (χ0) is 18.5. The van der Waals surface area contributed by atoms with E-state index in [0.29, 0.717) is 16.4 Å². The van der Waals surface area contributed by atoms with Crippen molar-refractivity contribution in [1.29, 1.82) is 0 Å². The molecule has 0 atom stereocenters. The van der Waals surface area contributed by atoms with E-state index in [-0.39, 0.29) is 12.4 Å². The number of rotatable bonds is 6. The second-order valence-corrected chi connectivity index (χ2v) is 7.56. The zero-order valence-electron chi connectivity index (χ0n) is 13.7. The summed E-state index contributed by atoms with van der Waals surface area (Å²) in [6.07, 6.45) is 0. The topological polar surface area (TPSA) is 89.8 Å².